The van der Waals surface area contributed by atoms with Crippen LogP contribution in [0.25, 0.3) is 22.6 Å². The molecule has 0 aliphatic rings. The number of benzene rings is 2. The number of rotatable bonds is 1. The minimum atomic E-state index is 0.499. The summed E-state index contributed by atoms with van der Waals surface area (Å²) < 4.78 is 5.72. The van der Waals surface area contributed by atoms with Gasteiger partial charge in [-0.3, -0.25) is 0 Å². The fraction of sp³-hybridized carbons (Fsp3) is 0.0714. The van der Waals surface area contributed by atoms with Crippen LogP contribution in [-0.4, -0.2) is 4.98 Å². The Morgan fingerprint density at radius 3 is 2.83 bits per heavy atom. The van der Waals surface area contributed by atoms with E-state index in [9.17, 15) is 0 Å². The van der Waals surface area contributed by atoms with Crippen molar-refractivity contribution in [2.24, 2.45) is 0 Å². The second kappa shape index (κ2) is 4.03. The first-order chi connectivity index (χ1) is 8.65. The van der Waals surface area contributed by atoms with Crippen molar-refractivity contribution in [2.75, 3.05) is 5.73 Å². The molecule has 4 heteroatoms. The summed E-state index contributed by atoms with van der Waals surface area (Å²) in [6, 6.07) is 11.1. The molecule has 0 aliphatic heterocycles. The quantitative estimate of drug-likeness (QED) is 0.670. The number of nitrogen functional groups attached to an aromatic ring is 1. The summed E-state index contributed by atoms with van der Waals surface area (Å²) in [6.07, 6.45) is 0. The maximum atomic E-state index is 5.97. The first kappa shape index (κ1) is 11.1. The highest BCUT2D eigenvalue weighted by atomic mass is 35.5. The van der Waals surface area contributed by atoms with Gasteiger partial charge < -0.3 is 10.2 Å². The average molecular weight is 259 g/mol. The molecule has 0 radical (unpaired) electrons. The predicted octanol–water partition coefficient (Wildman–Crippen LogP) is 4.04. The van der Waals surface area contributed by atoms with Crippen molar-refractivity contribution in [3.05, 3.63) is 47.0 Å². The van der Waals surface area contributed by atoms with E-state index in [1.165, 1.54) is 0 Å². The Morgan fingerprint density at radius 2 is 2.06 bits per heavy atom. The van der Waals surface area contributed by atoms with Crippen LogP contribution in [0.4, 0.5) is 5.69 Å². The molecule has 0 atom stereocenters. The molecule has 0 bridgehead atoms. The first-order valence-electron chi connectivity index (χ1n) is 5.57. The highest BCUT2D eigenvalue weighted by Gasteiger charge is 2.12. The summed E-state index contributed by atoms with van der Waals surface area (Å²) in [7, 11) is 0. The van der Waals surface area contributed by atoms with Crippen molar-refractivity contribution in [1.82, 2.24) is 4.98 Å². The minimum Gasteiger partial charge on any atom is -0.436 e. The number of hydrogen-bond acceptors (Lipinski definition) is 3. The minimum absolute atomic E-state index is 0.499. The number of fused-ring (bicyclic) bond motifs is 1. The zero-order valence-electron chi connectivity index (χ0n) is 9.77. The molecule has 1 aromatic heterocycles. The molecular formula is C14H11ClN2O. The predicted molar refractivity (Wildman–Crippen MR) is 73.6 cm³/mol. The fourth-order valence-corrected chi connectivity index (χ4v) is 2.09. The fourth-order valence-electron chi connectivity index (χ4n) is 1.92. The van der Waals surface area contributed by atoms with Crippen LogP contribution in [0, 0.1) is 6.92 Å². The lowest BCUT2D eigenvalue weighted by molar-refractivity contribution is 0.620. The van der Waals surface area contributed by atoms with Crippen molar-refractivity contribution in [2.45, 2.75) is 6.92 Å². The van der Waals surface area contributed by atoms with Crippen LogP contribution in [0.5, 0.6) is 0 Å². The maximum absolute atomic E-state index is 5.97. The molecule has 3 nitrogen and oxygen atoms in total. The molecule has 0 spiro atoms. The van der Waals surface area contributed by atoms with Gasteiger partial charge in [0.05, 0.1) is 5.56 Å². The van der Waals surface area contributed by atoms with Crippen LogP contribution in [0.1, 0.15) is 5.56 Å². The van der Waals surface area contributed by atoms with E-state index in [0.717, 1.165) is 22.2 Å². The van der Waals surface area contributed by atoms with E-state index < -0.39 is 0 Å². The van der Waals surface area contributed by atoms with Crippen molar-refractivity contribution in [3.63, 3.8) is 0 Å². The van der Waals surface area contributed by atoms with Gasteiger partial charge in [-0.15, -0.1) is 0 Å². The lowest BCUT2D eigenvalue weighted by atomic mass is 10.2. The summed E-state index contributed by atoms with van der Waals surface area (Å²) >= 11 is 5.97. The van der Waals surface area contributed by atoms with Crippen LogP contribution >= 0.6 is 11.6 Å². The zero-order chi connectivity index (χ0) is 12.7. The topological polar surface area (TPSA) is 52.0 Å². The van der Waals surface area contributed by atoms with Gasteiger partial charge in [0.25, 0.3) is 0 Å². The van der Waals surface area contributed by atoms with Crippen molar-refractivity contribution >= 4 is 28.4 Å². The molecule has 90 valence electrons. The van der Waals surface area contributed by atoms with Crippen LogP contribution in [0.2, 0.25) is 5.02 Å². The second-order valence-electron chi connectivity index (χ2n) is 4.17. The van der Waals surface area contributed by atoms with Crippen LogP contribution < -0.4 is 5.73 Å². The van der Waals surface area contributed by atoms with Gasteiger partial charge in [0, 0.05) is 10.7 Å². The third-order valence-electron chi connectivity index (χ3n) is 2.87. The molecule has 2 N–H and O–H groups in total. The molecule has 0 unspecified atom stereocenters. The molecule has 3 rings (SSSR count). The van der Waals surface area contributed by atoms with Crippen LogP contribution in [0.15, 0.2) is 40.8 Å². The number of para-hydroxylation sites is 1. The molecule has 3 aromatic rings. The van der Waals surface area contributed by atoms with E-state index in [2.05, 4.69) is 4.98 Å². The van der Waals surface area contributed by atoms with Gasteiger partial charge in [-0.1, -0.05) is 23.7 Å². The molecule has 0 saturated carbocycles. The molecular weight excluding hydrogens is 248 g/mol. The third kappa shape index (κ3) is 1.73. The van der Waals surface area contributed by atoms with E-state index in [1.807, 2.05) is 25.1 Å². The number of anilines is 1. The monoisotopic (exact) mass is 258 g/mol. The second-order valence-corrected chi connectivity index (χ2v) is 4.61. The maximum Gasteiger partial charge on any atom is 0.229 e. The number of aromatic nitrogens is 1. The normalized spacial score (nSPS) is 11.0. The van der Waals surface area contributed by atoms with Crippen molar-refractivity contribution in [1.29, 1.82) is 0 Å². The third-order valence-corrected chi connectivity index (χ3v) is 3.10. The molecule has 0 amide bonds. The van der Waals surface area contributed by atoms with Crippen LogP contribution in [-0.2, 0) is 0 Å². The Balaban J connectivity index is 2.26. The van der Waals surface area contributed by atoms with Gasteiger partial charge >= 0.3 is 0 Å². The van der Waals surface area contributed by atoms with Crippen molar-refractivity contribution < 1.29 is 4.42 Å². The van der Waals surface area contributed by atoms with E-state index in [0.29, 0.717) is 16.6 Å². The first-order valence-corrected chi connectivity index (χ1v) is 5.94. The Hall–Kier alpha value is -2.00. The van der Waals surface area contributed by atoms with Crippen LogP contribution in [0.3, 0.4) is 0 Å². The van der Waals surface area contributed by atoms with Gasteiger partial charge in [-0.05, 0) is 36.8 Å². The van der Waals surface area contributed by atoms with E-state index >= 15 is 0 Å². The summed E-state index contributed by atoms with van der Waals surface area (Å²) in [5.74, 6) is 0.499. The van der Waals surface area contributed by atoms with E-state index in [4.69, 9.17) is 21.8 Å². The Labute approximate surface area is 109 Å². The van der Waals surface area contributed by atoms with Gasteiger partial charge in [-0.2, -0.15) is 0 Å². The van der Waals surface area contributed by atoms with Gasteiger partial charge in [0.15, 0.2) is 5.58 Å². The van der Waals surface area contributed by atoms with Gasteiger partial charge in [0.1, 0.15) is 5.52 Å². The summed E-state index contributed by atoms with van der Waals surface area (Å²) in [5, 5.41) is 0.609. The summed E-state index contributed by atoms with van der Waals surface area (Å²) in [6.45, 7) is 2.00. The zero-order valence-corrected chi connectivity index (χ0v) is 10.5. The summed E-state index contributed by atoms with van der Waals surface area (Å²) in [5.41, 5.74) is 9.92. The highest BCUT2D eigenvalue weighted by molar-refractivity contribution is 6.31. The Bertz CT molecular complexity index is 734. The molecule has 2 aromatic carbocycles. The van der Waals surface area contributed by atoms with Gasteiger partial charge in [0.2, 0.25) is 5.89 Å². The highest BCUT2D eigenvalue weighted by Crippen LogP contribution is 2.31. The largest absolute Gasteiger partial charge is 0.436 e. The molecule has 18 heavy (non-hydrogen) atoms. The molecule has 0 saturated heterocycles. The lowest BCUT2D eigenvalue weighted by Gasteiger charge is -2.00. The Morgan fingerprint density at radius 1 is 1.22 bits per heavy atom. The molecule has 0 fully saturated rings. The lowest BCUT2D eigenvalue weighted by Crippen LogP contribution is -1.89. The number of nitrogens with two attached hydrogens (primary N) is 1. The number of halogens is 1. The number of aryl methyl sites for hydroxylation is 1. The molecule has 0 aliphatic carbocycles. The van der Waals surface area contributed by atoms with E-state index in [-0.39, 0.29) is 0 Å². The number of hydrogen-bond donors (Lipinski definition) is 1. The SMILES string of the molecule is Cc1cccc2oc(-c3cc(Cl)ccc3N)nc12. The number of nitrogens with zero attached hydrogens (tertiary/aromatic N) is 1. The standard InChI is InChI=1S/C14H11ClN2O/c1-8-3-2-4-12-13(8)17-14(18-12)10-7-9(15)5-6-11(10)16/h2-7H,16H2,1H3. The van der Waals surface area contributed by atoms with Crippen molar-refractivity contribution in [3.8, 4) is 11.5 Å². The van der Waals surface area contributed by atoms with E-state index in [1.54, 1.807) is 18.2 Å². The average Bonchev–Trinajstić information content (AvgIpc) is 2.77. The number of oxazole rings is 1. The smallest absolute Gasteiger partial charge is 0.229 e. The Kier molecular flexibility index (Phi) is 2.49. The summed E-state index contributed by atoms with van der Waals surface area (Å²) in [4.78, 5) is 4.48. The van der Waals surface area contributed by atoms with Gasteiger partial charge in [-0.25, -0.2) is 4.98 Å². The molecule has 1 heterocycles.